The van der Waals surface area contributed by atoms with Crippen LogP contribution < -0.4 is 5.32 Å². The molecule has 3 unspecified atom stereocenters. The van der Waals surface area contributed by atoms with Gasteiger partial charge in [0.25, 0.3) is 0 Å². The van der Waals surface area contributed by atoms with E-state index in [0.29, 0.717) is 12.1 Å². The zero-order valence-electron chi connectivity index (χ0n) is 13.6. The Morgan fingerprint density at radius 3 is 2.65 bits per heavy atom. The number of aryl methyl sites for hydroxylation is 1. The number of benzene rings is 1. The predicted molar refractivity (Wildman–Crippen MR) is 86.1 cm³/mol. The Balaban J connectivity index is 2.01. The average molecular weight is 275 g/mol. The largest absolute Gasteiger partial charge is 0.312 e. The van der Waals surface area contributed by atoms with Crippen LogP contribution in [0.2, 0.25) is 0 Å². The number of hydrogen-bond donors (Lipinski definition) is 1. The molecule has 1 fully saturated rings. The lowest BCUT2D eigenvalue weighted by atomic mass is 10.0. The fraction of sp³-hybridized carbons (Fsp3) is 0.647. The quantitative estimate of drug-likeness (QED) is 0.888. The van der Waals surface area contributed by atoms with E-state index in [2.05, 4.69) is 74.4 Å². The zero-order valence-corrected chi connectivity index (χ0v) is 13.6. The van der Waals surface area contributed by atoms with Gasteiger partial charge in [-0.25, -0.2) is 0 Å². The third-order valence-corrected chi connectivity index (χ3v) is 4.55. The lowest BCUT2D eigenvalue weighted by Crippen LogP contribution is -2.36. The summed E-state index contributed by atoms with van der Waals surface area (Å²) >= 11 is 0. The molecular formula is C17H29N3. The first-order valence-corrected chi connectivity index (χ1v) is 7.64. The first-order chi connectivity index (χ1) is 9.51. The van der Waals surface area contributed by atoms with Gasteiger partial charge in [-0.15, -0.1) is 0 Å². The van der Waals surface area contributed by atoms with Crippen LogP contribution in [0.4, 0.5) is 0 Å². The van der Waals surface area contributed by atoms with E-state index in [1.54, 1.807) is 0 Å². The molecule has 0 radical (unpaired) electrons. The standard InChI is InChI=1S/C17H29N3/c1-13-7-6-8-15(9-13)16(18-3)11-20-10-14(2)17(12-20)19(4)5/h6-9,14,16-18H,10-12H2,1-5H3. The van der Waals surface area contributed by atoms with Crippen molar-refractivity contribution in [2.75, 3.05) is 40.8 Å². The van der Waals surface area contributed by atoms with Gasteiger partial charge in [0, 0.05) is 31.7 Å². The SMILES string of the molecule is CNC(CN1CC(C)C(N(C)C)C1)c1cccc(C)c1. The maximum absolute atomic E-state index is 3.48. The monoisotopic (exact) mass is 275 g/mol. The maximum Gasteiger partial charge on any atom is 0.0446 e. The second kappa shape index (κ2) is 6.70. The lowest BCUT2D eigenvalue weighted by molar-refractivity contribution is 0.245. The summed E-state index contributed by atoms with van der Waals surface area (Å²) in [6, 6.07) is 9.95. The molecule has 1 aromatic rings. The fourth-order valence-electron chi connectivity index (χ4n) is 3.38. The highest BCUT2D eigenvalue weighted by atomic mass is 15.2. The summed E-state index contributed by atoms with van der Waals surface area (Å²) in [4.78, 5) is 4.96. The molecule has 1 heterocycles. The summed E-state index contributed by atoms with van der Waals surface area (Å²) in [5, 5.41) is 3.48. The van der Waals surface area contributed by atoms with Crippen molar-refractivity contribution in [3.05, 3.63) is 35.4 Å². The van der Waals surface area contributed by atoms with Gasteiger partial charge in [0.2, 0.25) is 0 Å². The Hall–Kier alpha value is -0.900. The molecule has 3 nitrogen and oxygen atoms in total. The first-order valence-electron chi connectivity index (χ1n) is 7.64. The van der Waals surface area contributed by atoms with Gasteiger partial charge < -0.3 is 10.2 Å². The van der Waals surface area contributed by atoms with Crippen LogP contribution in [-0.4, -0.2) is 56.6 Å². The molecule has 0 saturated carbocycles. The summed E-state index contributed by atoms with van der Waals surface area (Å²) in [5.74, 6) is 0.750. The molecule has 1 aliphatic rings. The molecule has 0 spiro atoms. The van der Waals surface area contributed by atoms with E-state index in [1.165, 1.54) is 24.2 Å². The third kappa shape index (κ3) is 3.60. The molecule has 0 bridgehead atoms. The van der Waals surface area contributed by atoms with Crippen molar-refractivity contribution in [3.63, 3.8) is 0 Å². The van der Waals surface area contributed by atoms with Crippen LogP contribution in [-0.2, 0) is 0 Å². The van der Waals surface area contributed by atoms with Crippen LogP contribution >= 0.6 is 0 Å². The molecule has 112 valence electrons. The lowest BCUT2D eigenvalue weighted by Gasteiger charge is -2.25. The highest BCUT2D eigenvalue weighted by molar-refractivity contribution is 5.25. The molecule has 3 heteroatoms. The van der Waals surface area contributed by atoms with Crippen LogP contribution in [0, 0.1) is 12.8 Å². The molecule has 0 aromatic heterocycles. The highest BCUT2D eigenvalue weighted by Gasteiger charge is 2.31. The van der Waals surface area contributed by atoms with Gasteiger partial charge in [-0.3, -0.25) is 4.90 Å². The van der Waals surface area contributed by atoms with Crippen molar-refractivity contribution < 1.29 is 0 Å². The molecule has 20 heavy (non-hydrogen) atoms. The summed E-state index contributed by atoms with van der Waals surface area (Å²) < 4.78 is 0. The average Bonchev–Trinajstić information content (AvgIpc) is 2.77. The van der Waals surface area contributed by atoms with Crippen molar-refractivity contribution in [3.8, 4) is 0 Å². The second-order valence-corrected chi connectivity index (χ2v) is 6.48. The number of likely N-dealkylation sites (tertiary alicyclic amines) is 1. The van der Waals surface area contributed by atoms with Crippen molar-refractivity contribution in [1.82, 2.24) is 15.1 Å². The van der Waals surface area contributed by atoms with Crippen LogP contribution in [0.1, 0.15) is 24.1 Å². The van der Waals surface area contributed by atoms with Gasteiger partial charge in [0.15, 0.2) is 0 Å². The summed E-state index contributed by atoms with van der Waals surface area (Å²) in [7, 11) is 6.46. The Morgan fingerprint density at radius 1 is 1.35 bits per heavy atom. The molecular weight excluding hydrogens is 246 g/mol. The van der Waals surface area contributed by atoms with E-state index in [0.717, 1.165) is 12.5 Å². The third-order valence-electron chi connectivity index (χ3n) is 4.55. The molecule has 0 amide bonds. The normalized spacial score (nSPS) is 25.3. The minimum Gasteiger partial charge on any atom is -0.312 e. The summed E-state index contributed by atoms with van der Waals surface area (Å²) in [5.41, 5.74) is 2.73. The van der Waals surface area contributed by atoms with E-state index in [4.69, 9.17) is 0 Å². The van der Waals surface area contributed by atoms with Gasteiger partial charge in [0.05, 0.1) is 0 Å². The van der Waals surface area contributed by atoms with Gasteiger partial charge in [-0.05, 0) is 39.5 Å². The molecule has 2 rings (SSSR count). The summed E-state index contributed by atoms with van der Waals surface area (Å²) in [6.07, 6.45) is 0. The van der Waals surface area contributed by atoms with Gasteiger partial charge in [0.1, 0.15) is 0 Å². The van der Waals surface area contributed by atoms with E-state index in [9.17, 15) is 0 Å². The molecule has 0 aliphatic carbocycles. The predicted octanol–water partition coefficient (Wildman–Crippen LogP) is 2.14. The number of likely N-dealkylation sites (N-methyl/N-ethyl adjacent to an activating group) is 2. The zero-order chi connectivity index (χ0) is 14.7. The number of nitrogens with one attached hydrogen (secondary N) is 1. The molecule has 1 N–H and O–H groups in total. The minimum atomic E-state index is 0.419. The Morgan fingerprint density at radius 2 is 2.10 bits per heavy atom. The van der Waals surface area contributed by atoms with E-state index in [-0.39, 0.29) is 0 Å². The Labute approximate surface area is 124 Å². The van der Waals surface area contributed by atoms with E-state index < -0.39 is 0 Å². The van der Waals surface area contributed by atoms with Gasteiger partial charge in [-0.1, -0.05) is 36.8 Å². The highest BCUT2D eigenvalue weighted by Crippen LogP contribution is 2.23. The van der Waals surface area contributed by atoms with Crippen molar-refractivity contribution in [2.24, 2.45) is 5.92 Å². The van der Waals surface area contributed by atoms with Crippen LogP contribution in [0.15, 0.2) is 24.3 Å². The van der Waals surface area contributed by atoms with E-state index in [1.807, 2.05) is 0 Å². The number of nitrogens with zero attached hydrogens (tertiary/aromatic N) is 2. The van der Waals surface area contributed by atoms with Crippen molar-refractivity contribution >= 4 is 0 Å². The minimum absolute atomic E-state index is 0.419. The molecule has 1 aromatic carbocycles. The van der Waals surface area contributed by atoms with E-state index >= 15 is 0 Å². The van der Waals surface area contributed by atoms with Crippen LogP contribution in [0.25, 0.3) is 0 Å². The van der Waals surface area contributed by atoms with Gasteiger partial charge >= 0.3 is 0 Å². The molecule has 1 saturated heterocycles. The van der Waals surface area contributed by atoms with Crippen molar-refractivity contribution in [1.29, 1.82) is 0 Å². The molecule has 3 atom stereocenters. The smallest absolute Gasteiger partial charge is 0.0446 e. The molecule has 1 aliphatic heterocycles. The Bertz CT molecular complexity index is 430. The second-order valence-electron chi connectivity index (χ2n) is 6.48. The fourth-order valence-corrected chi connectivity index (χ4v) is 3.38. The Kier molecular flexibility index (Phi) is 5.19. The van der Waals surface area contributed by atoms with Crippen LogP contribution in [0.5, 0.6) is 0 Å². The maximum atomic E-state index is 3.48. The number of hydrogen-bond acceptors (Lipinski definition) is 3. The number of rotatable bonds is 5. The van der Waals surface area contributed by atoms with Crippen LogP contribution in [0.3, 0.4) is 0 Å². The summed E-state index contributed by atoms with van der Waals surface area (Å²) in [6.45, 7) is 8.00. The topological polar surface area (TPSA) is 18.5 Å². The first kappa shape index (κ1) is 15.5. The van der Waals surface area contributed by atoms with Gasteiger partial charge in [-0.2, -0.15) is 0 Å². The van der Waals surface area contributed by atoms with Crippen molar-refractivity contribution in [2.45, 2.75) is 25.9 Å².